The van der Waals surface area contributed by atoms with Gasteiger partial charge < -0.3 is 10.1 Å². The smallest absolute Gasteiger partial charge is 0.262 e. The quantitative estimate of drug-likeness (QED) is 0.689. The van der Waals surface area contributed by atoms with Crippen LogP contribution in [0, 0.1) is 22.7 Å². The Morgan fingerprint density at radius 3 is 2.24 bits per heavy atom. The van der Waals surface area contributed by atoms with Crippen LogP contribution < -0.4 is 5.56 Å². The maximum atomic E-state index is 12.2. The number of carbonyl (C=O) groups is 2. The lowest BCUT2D eigenvalue weighted by atomic mass is 9.87. The van der Waals surface area contributed by atoms with Crippen LogP contribution in [0.4, 0.5) is 0 Å². The van der Waals surface area contributed by atoms with Gasteiger partial charge in [-0.3, -0.25) is 14.4 Å². The number of allylic oxidation sites excluding steroid dienone is 4. The molecule has 9 heteroatoms. The molecule has 0 saturated carbocycles. The van der Waals surface area contributed by atoms with E-state index in [0.717, 1.165) is 6.33 Å². The van der Waals surface area contributed by atoms with E-state index in [0.29, 0.717) is 0 Å². The highest BCUT2D eigenvalue weighted by atomic mass is 35.5. The first-order valence-corrected chi connectivity index (χ1v) is 5.62. The Bertz CT molecular complexity index is 895. The fourth-order valence-corrected chi connectivity index (χ4v) is 2.00. The Hall–Kier alpha value is -3.23. The topological polar surface area (TPSA) is 148 Å². The summed E-state index contributed by atoms with van der Waals surface area (Å²) >= 11 is 5.73. The Balaban J connectivity index is 2.84. The first kappa shape index (κ1) is 14.2. The molecule has 0 unspecified atom stereocenters. The maximum absolute atomic E-state index is 12.2. The number of hydrogen-bond donors (Lipinski definition) is 2. The minimum atomic E-state index is -1.10. The number of halogens is 1. The molecule has 8 nitrogen and oxygen atoms in total. The SMILES string of the molecule is N#CC1=C(C#N)C(=O)C(c2c(O)nc[nH]c2=O)=C(Cl)C1=O. The van der Waals surface area contributed by atoms with Gasteiger partial charge in [-0.1, -0.05) is 11.6 Å². The molecule has 1 aromatic rings. The van der Waals surface area contributed by atoms with Crippen LogP contribution in [0.15, 0.2) is 27.3 Å². The number of Topliss-reactive ketones (excluding diaryl/α,β-unsaturated/α-hetero) is 2. The summed E-state index contributed by atoms with van der Waals surface area (Å²) in [7, 11) is 0. The maximum Gasteiger partial charge on any atom is 0.262 e. The predicted molar refractivity (Wildman–Crippen MR) is 67.6 cm³/mol. The first-order valence-electron chi connectivity index (χ1n) is 5.24. The number of nitriles is 2. The van der Waals surface area contributed by atoms with Crippen molar-refractivity contribution in [1.29, 1.82) is 10.5 Å². The summed E-state index contributed by atoms with van der Waals surface area (Å²) in [6, 6.07) is 2.84. The third kappa shape index (κ3) is 2.00. The van der Waals surface area contributed by atoms with Crippen molar-refractivity contribution in [1.82, 2.24) is 9.97 Å². The molecule has 0 bridgehead atoms. The van der Waals surface area contributed by atoms with Crippen molar-refractivity contribution in [2.24, 2.45) is 0 Å². The fraction of sp³-hybridized carbons (Fsp3) is 0. The van der Waals surface area contributed by atoms with E-state index >= 15 is 0 Å². The number of hydrogen-bond acceptors (Lipinski definition) is 7. The van der Waals surface area contributed by atoms with Gasteiger partial charge in [-0.2, -0.15) is 10.5 Å². The second-order valence-electron chi connectivity index (χ2n) is 3.75. The summed E-state index contributed by atoms with van der Waals surface area (Å²) in [5.41, 5.74) is -3.68. The molecule has 1 aliphatic rings. The summed E-state index contributed by atoms with van der Waals surface area (Å²) in [6.45, 7) is 0. The number of ketones is 2. The van der Waals surface area contributed by atoms with E-state index in [9.17, 15) is 19.5 Å². The van der Waals surface area contributed by atoms with E-state index in [2.05, 4.69) is 9.97 Å². The van der Waals surface area contributed by atoms with E-state index < -0.39 is 50.3 Å². The molecule has 21 heavy (non-hydrogen) atoms. The normalized spacial score (nSPS) is 15.0. The van der Waals surface area contributed by atoms with Crippen molar-refractivity contribution in [3.63, 3.8) is 0 Å². The number of rotatable bonds is 1. The average Bonchev–Trinajstić information content (AvgIpc) is 2.45. The zero-order valence-electron chi connectivity index (χ0n) is 9.97. The largest absolute Gasteiger partial charge is 0.493 e. The van der Waals surface area contributed by atoms with Crippen molar-refractivity contribution in [2.75, 3.05) is 0 Å². The van der Waals surface area contributed by atoms with Gasteiger partial charge in [-0.15, -0.1) is 0 Å². The van der Waals surface area contributed by atoms with Crippen molar-refractivity contribution in [3.8, 4) is 18.0 Å². The molecule has 0 aromatic carbocycles. The molecule has 102 valence electrons. The van der Waals surface area contributed by atoms with Crippen LogP contribution in [0.1, 0.15) is 5.56 Å². The van der Waals surface area contributed by atoms with Crippen LogP contribution in [-0.4, -0.2) is 26.6 Å². The van der Waals surface area contributed by atoms with Gasteiger partial charge in [0.1, 0.15) is 33.9 Å². The molecule has 0 radical (unpaired) electrons. The lowest BCUT2D eigenvalue weighted by Gasteiger charge is -2.14. The Kier molecular flexibility index (Phi) is 3.40. The molecular formula is C12H3ClN4O4. The average molecular weight is 303 g/mol. The molecule has 1 aliphatic carbocycles. The molecule has 0 amide bonds. The summed E-state index contributed by atoms with van der Waals surface area (Å²) in [6.07, 6.45) is 0.881. The molecule has 0 fully saturated rings. The standard InChI is InChI=1S/C12H3ClN4O4/c13-8-6(7-11(20)16-3-17-12(7)21)9(18)4(1-14)5(2-15)10(8)19/h3H,(H2,16,17,20,21). The van der Waals surface area contributed by atoms with Gasteiger partial charge in [-0.25, -0.2) is 4.98 Å². The Morgan fingerprint density at radius 2 is 1.71 bits per heavy atom. The van der Waals surface area contributed by atoms with E-state index in [1.165, 1.54) is 12.1 Å². The lowest BCUT2D eigenvalue weighted by molar-refractivity contribution is -0.114. The molecule has 2 rings (SSSR count). The minimum Gasteiger partial charge on any atom is -0.493 e. The first-order chi connectivity index (χ1) is 9.93. The number of carbonyl (C=O) groups excluding carboxylic acids is 2. The van der Waals surface area contributed by atoms with E-state index in [1.54, 1.807) is 0 Å². The van der Waals surface area contributed by atoms with Gasteiger partial charge in [0, 0.05) is 0 Å². The molecule has 1 heterocycles. The second-order valence-corrected chi connectivity index (χ2v) is 4.13. The number of aromatic hydroxyl groups is 1. The summed E-state index contributed by atoms with van der Waals surface area (Å²) < 4.78 is 0. The highest BCUT2D eigenvalue weighted by Gasteiger charge is 2.37. The zero-order valence-corrected chi connectivity index (χ0v) is 10.7. The summed E-state index contributed by atoms with van der Waals surface area (Å²) in [5, 5.41) is 26.6. The molecular weight excluding hydrogens is 300 g/mol. The zero-order chi connectivity index (χ0) is 15.7. The monoisotopic (exact) mass is 302 g/mol. The minimum absolute atomic E-state index is 0.634. The van der Waals surface area contributed by atoms with Crippen LogP contribution in [0.25, 0.3) is 5.57 Å². The van der Waals surface area contributed by atoms with Crippen molar-refractivity contribution in [2.45, 2.75) is 0 Å². The van der Waals surface area contributed by atoms with E-state index in [1.807, 2.05) is 0 Å². The molecule has 0 aliphatic heterocycles. The highest BCUT2D eigenvalue weighted by molar-refractivity contribution is 6.57. The van der Waals surface area contributed by atoms with Crippen LogP contribution in [0.5, 0.6) is 5.88 Å². The van der Waals surface area contributed by atoms with Gasteiger partial charge in [-0.05, 0) is 0 Å². The van der Waals surface area contributed by atoms with Crippen molar-refractivity contribution < 1.29 is 14.7 Å². The van der Waals surface area contributed by atoms with Gasteiger partial charge >= 0.3 is 0 Å². The summed E-state index contributed by atoms with van der Waals surface area (Å²) in [5.74, 6) is -3.01. The Morgan fingerprint density at radius 1 is 1.14 bits per heavy atom. The van der Waals surface area contributed by atoms with Crippen LogP contribution in [0.3, 0.4) is 0 Å². The van der Waals surface area contributed by atoms with Crippen molar-refractivity contribution in [3.05, 3.63) is 38.4 Å². The lowest BCUT2D eigenvalue weighted by Crippen LogP contribution is -2.24. The molecule has 0 atom stereocenters. The molecule has 2 N–H and O–H groups in total. The number of nitrogens with zero attached hydrogens (tertiary/aromatic N) is 3. The Labute approximate surface area is 121 Å². The summed E-state index contributed by atoms with van der Waals surface area (Å²) in [4.78, 5) is 41.2. The van der Waals surface area contributed by atoms with Crippen LogP contribution >= 0.6 is 11.6 Å². The highest BCUT2D eigenvalue weighted by Crippen LogP contribution is 2.34. The fourth-order valence-electron chi connectivity index (χ4n) is 1.73. The van der Waals surface area contributed by atoms with Crippen LogP contribution in [0.2, 0.25) is 0 Å². The molecule has 1 aromatic heterocycles. The van der Waals surface area contributed by atoms with Gasteiger partial charge in [0.15, 0.2) is 0 Å². The molecule has 0 spiro atoms. The third-order valence-corrected chi connectivity index (χ3v) is 3.02. The van der Waals surface area contributed by atoms with Crippen LogP contribution in [-0.2, 0) is 9.59 Å². The number of aromatic nitrogens is 2. The second kappa shape index (κ2) is 5.04. The van der Waals surface area contributed by atoms with Gasteiger partial charge in [0.2, 0.25) is 17.4 Å². The van der Waals surface area contributed by atoms with E-state index in [4.69, 9.17) is 22.1 Å². The predicted octanol–water partition coefficient (Wildman–Crippen LogP) is -0.0790. The van der Waals surface area contributed by atoms with Gasteiger partial charge in [0.25, 0.3) is 5.56 Å². The number of nitrogens with one attached hydrogen (secondary N) is 1. The van der Waals surface area contributed by atoms with Crippen molar-refractivity contribution >= 4 is 28.7 Å². The van der Waals surface area contributed by atoms with Gasteiger partial charge in [0.05, 0.1) is 11.9 Å². The van der Waals surface area contributed by atoms with E-state index in [-0.39, 0.29) is 0 Å². The number of aromatic amines is 1. The number of H-pyrrole nitrogens is 1. The third-order valence-electron chi connectivity index (χ3n) is 2.66. The molecule has 0 saturated heterocycles.